The molecule has 0 aromatic heterocycles. The summed E-state index contributed by atoms with van der Waals surface area (Å²) in [5.74, 6) is -0.781. The van der Waals surface area contributed by atoms with Crippen molar-refractivity contribution in [1.29, 1.82) is 0 Å². The van der Waals surface area contributed by atoms with Crippen molar-refractivity contribution in [2.24, 2.45) is 4.99 Å². The van der Waals surface area contributed by atoms with E-state index in [0.29, 0.717) is 5.56 Å². The molecule has 0 N–H and O–H groups in total. The zero-order valence-corrected chi connectivity index (χ0v) is 13.7. The molecule has 1 unspecified atom stereocenters. The number of hydrogen-bond donors (Lipinski definition) is 0. The number of aliphatic imine (C=N–C) groups is 1. The van der Waals surface area contributed by atoms with Crippen LogP contribution in [-0.2, 0) is 19.1 Å². The van der Waals surface area contributed by atoms with Gasteiger partial charge in [0.2, 0.25) is 5.90 Å². The second-order valence-corrected chi connectivity index (χ2v) is 5.39. The Balaban J connectivity index is 2.37. The molecule has 1 aliphatic heterocycles. The molecule has 0 bridgehead atoms. The van der Waals surface area contributed by atoms with Gasteiger partial charge in [-0.15, -0.1) is 0 Å². The second kappa shape index (κ2) is 6.38. The molecule has 21 heavy (non-hydrogen) atoms. The maximum absolute atomic E-state index is 12.2. The molecular weight excluding hydrogens is 385 g/mol. The van der Waals surface area contributed by atoms with Crippen molar-refractivity contribution in [3.05, 3.63) is 46.1 Å². The van der Waals surface area contributed by atoms with Crippen LogP contribution in [0.2, 0.25) is 0 Å². The quantitative estimate of drug-likeness (QED) is 0.577. The van der Waals surface area contributed by atoms with Crippen molar-refractivity contribution in [2.75, 3.05) is 0 Å². The molecule has 0 spiro atoms. The molecule has 1 aromatic carbocycles. The van der Waals surface area contributed by atoms with E-state index in [9.17, 15) is 9.59 Å². The van der Waals surface area contributed by atoms with Crippen LogP contribution in [-0.4, -0.2) is 29.5 Å². The molecule has 2 atom stereocenters. The number of benzene rings is 1. The topological polar surface area (TPSA) is 65.0 Å². The summed E-state index contributed by atoms with van der Waals surface area (Å²) in [7, 11) is 0. The van der Waals surface area contributed by atoms with Gasteiger partial charge in [0.15, 0.2) is 11.6 Å². The number of hydrogen-bond acceptors (Lipinski definition) is 5. The fourth-order valence-electron chi connectivity index (χ4n) is 1.94. The van der Waals surface area contributed by atoms with E-state index in [0.717, 1.165) is 0 Å². The van der Waals surface area contributed by atoms with Crippen molar-refractivity contribution in [3.8, 4) is 0 Å². The summed E-state index contributed by atoms with van der Waals surface area (Å²) >= 11 is 1.99. The van der Waals surface area contributed by atoms with Gasteiger partial charge in [-0.3, -0.25) is 4.79 Å². The zero-order valence-electron chi connectivity index (χ0n) is 11.6. The highest BCUT2D eigenvalue weighted by atomic mass is 127. The van der Waals surface area contributed by atoms with Gasteiger partial charge in [-0.05, 0) is 29.2 Å². The number of halogens is 1. The van der Waals surface area contributed by atoms with Crippen molar-refractivity contribution in [1.82, 2.24) is 0 Å². The van der Waals surface area contributed by atoms with Crippen molar-refractivity contribution in [3.63, 3.8) is 0 Å². The maximum atomic E-state index is 12.2. The average molecular weight is 399 g/mol. The van der Waals surface area contributed by atoms with E-state index in [1.807, 2.05) is 40.8 Å². The van der Waals surface area contributed by atoms with Crippen LogP contribution in [0.25, 0.3) is 0 Å². The molecule has 0 radical (unpaired) electrons. The van der Waals surface area contributed by atoms with Crippen LogP contribution >= 0.6 is 22.6 Å². The van der Waals surface area contributed by atoms with E-state index in [2.05, 4.69) is 4.99 Å². The first-order valence-electron chi connectivity index (χ1n) is 6.29. The van der Waals surface area contributed by atoms with Gasteiger partial charge in [-0.1, -0.05) is 40.8 Å². The molecule has 0 fully saturated rings. The number of cyclic esters (lactones) is 1. The molecule has 0 aliphatic carbocycles. The summed E-state index contributed by atoms with van der Waals surface area (Å²) in [6.07, 6.45) is 0.807. The lowest BCUT2D eigenvalue weighted by Gasteiger charge is -2.24. The summed E-state index contributed by atoms with van der Waals surface area (Å²) in [6, 6.07) is 9.12. The largest absolute Gasteiger partial charge is 0.455 e. The van der Waals surface area contributed by atoms with E-state index in [4.69, 9.17) is 9.47 Å². The molecule has 1 aliphatic rings. The first-order valence-corrected chi connectivity index (χ1v) is 7.53. The van der Waals surface area contributed by atoms with Crippen molar-refractivity contribution < 1.29 is 19.1 Å². The fraction of sp³-hybridized carbons (Fsp3) is 0.267. The van der Waals surface area contributed by atoms with Gasteiger partial charge in [0.1, 0.15) is 0 Å². The Kier molecular flexibility index (Phi) is 4.76. The zero-order chi connectivity index (χ0) is 15.5. The monoisotopic (exact) mass is 399 g/mol. The Bertz CT molecular complexity index is 611. The molecule has 1 heterocycles. The van der Waals surface area contributed by atoms with Gasteiger partial charge in [0.25, 0.3) is 0 Å². The Morgan fingerprint density at radius 2 is 2.10 bits per heavy atom. The van der Waals surface area contributed by atoms with Gasteiger partial charge in [0, 0.05) is 12.5 Å². The predicted molar refractivity (Wildman–Crippen MR) is 86.2 cm³/mol. The maximum Gasteiger partial charge on any atom is 0.344 e. The van der Waals surface area contributed by atoms with Gasteiger partial charge in [-0.25, -0.2) is 9.79 Å². The SMILES string of the molecule is CC(=O)OC(C=CI)[C@]1(C)N=C(c2ccccc2)OC1=O. The minimum absolute atomic E-state index is 0.238. The number of esters is 2. The molecule has 110 valence electrons. The predicted octanol–water partition coefficient (Wildman–Crippen LogP) is 2.63. The van der Waals surface area contributed by atoms with E-state index in [1.54, 1.807) is 29.2 Å². The number of nitrogens with zero attached hydrogens (tertiary/aromatic N) is 1. The summed E-state index contributed by atoms with van der Waals surface area (Å²) in [5, 5.41) is 0. The molecular formula is C15H14INO4. The molecule has 0 saturated heterocycles. The van der Waals surface area contributed by atoms with Crippen molar-refractivity contribution >= 4 is 40.4 Å². The minimum atomic E-state index is -1.28. The van der Waals surface area contributed by atoms with Gasteiger partial charge < -0.3 is 9.47 Å². The van der Waals surface area contributed by atoms with Crippen LogP contribution in [0.5, 0.6) is 0 Å². The van der Waals surface area contributed by atoms with Crippen LogP contribution < -0.4 is 0 Å². The summed E-state index contributed by atoms with van der Waals surface area (Å²) in [4.78, 5) is 27.8. The molecule has 2 rings (SSSR count). The highest BCUT2D eigenvalue weighted by Crippen LogP contribution is 2.29. The lowest BCUT2D eigenvalue weighted by Crippen LogP contribution is -2.44. The molecule has 0 amide bonds. The third-order valence-corrected chi connectivity index (χ3v) is 3.47. The molecule has 0 saturated carbocycles. The average Bonchev–Trinajstić information content (AvgIpc) is 2.76. The summed E-state index contributed by atoms with van der Waals surface area (Å²) < 4.78 is 12.1. The van der Waals surface area contributed by atoms with Crippen LogP contribution in [0.15, 0.2) is 45.5 Å². The fourth-order valence-corrected chi connectivity index (χ4v) is 2.32. The molecule has 1 aromatic rings. The Morgan fingerprint density at radius 3 is 2.67 bits per heavy atom. The van der Waals surface area contributed by atoms with Crippen LogP contribution in [0.4, 0.5) is 0 Å². The standard InChI is InChI=1S/C15H14INO4/c1-10(18)20-12(8-9-16)15(2)14(19)21-13(17-15)11-6-4-3-5-7-11/h3-9,12H,1-2H3/t12?,15-/m0/s1. The van der Waals surface area contributed by atoms with E-state index >= 15 is 0 Å². The number of rotatable bonds is 4. The first kappa shape index (κ1) is 15.7. The summed E-state index contributed by atoms with van der Waals surface area (Å²) in [5.41, 5.74) is -0.576. The second-order valence-electron chi connectivity index (χ2n) is 4.67. The Labute approximate surface area is 136 Å². The highest BCUT2D eigenvalue weighted by Gasteiger charge is 2.49. The van der Waals surface area contributed by atoms with Gasteiger partial charge in [0.05, 0.1) is 0 Å². The third-order valence-electron chi connectivity index (χ3n) is 3.05. The van der Waals surface area contributed by atoms with Gasteiger partial charge in [-0.2, -0.15) is 0 Å². The number of carbonyl (C=O) groups is 2. The molecule has 6 heteroatoms. The smallest absolute Gasteiger partial charge is 0.344 e. The van der Waals surface area contributed by atoms with Crippen molar-refractivity contribution in [2.45, 2.75) is 25.5 Å². The molecule has 5 nitrogen and oxygen atoms in total. The van der Waals surface area contributed by atoms with Crippen LogP contribution in [0.1, 0.15) is 19.4 Å². The van der Waals surface area contributed by atoms with E-state index < -0.39 is 23.6 Å². The van der Waals surface area contributed by atoms with E-state index in [-0.39, 0.29) is 5.90 Å². The van der Waals surface area contributed by atoms with E-state index in [1.165, 1.54) is 6.92 Å². The lowest BCUT2D eigenvalue weighted by atomic mass is 9.96. The van der Waals surface area contributed by atoms with Crippen LogP contribution in [0, 0.1) is 0 Å². The van der Waals surface area contributed by atoms with Crippen LogP contribution in [0.3, 0.4) is 0 Å². The minimum Gasteiger partial charge on any atom is -0.455 e. The highest BCUT2D eigenvalue weighted by molar-refractivity contribution is 14.1. The Hall–Kier alpha value is -1.70. The summed E-state index contributed by atoms with van der Waals surface area (Å²) in [6.45, 7) is 2.88. The number of ether oxygens (including phenoxy) is 2. The lowest BCUT2D eigenvalue weighted by molar-refractivity contribution is -0.152. The number of carbonyl (C=O) groups excluding carboxylic acids is 2. The normalized spacial score (nSPS) is 22.8. The Morgan fingerprint density at radius 1 is 1.43 bits per heavy atom. The van der Waals surface area contributed by atoms with Gasteiger partial charge >= 0.3 is 11.9 Å². The first-order chi connectivity index (χ1) is 9.97. The third kappa shape index (κ3) is 3.31.